The summed E-state index contributed by atoms with van der Waals surface area (Å²) in [7, 11) is 0. The molecule has 2 aliphatic rings. The Hall–Kier alpha value is -1.64. The largest absolute Gasteiger partial charge is 0.295 e. The molecular formula is C11H9NO2. The molecule has 1 heterocycles. The van der Waals surface area contributed by atoms with Gasteiger partial charge in [0.2, 0.25) is 11.8 Å². The van der Waals surface area contributed by atoms with Gasteiger partial charge < -0.3 is 0 Å². The van der Waals surface area contributed by atoms with E-state index >= 15 is 0 Å². The van der Waals surface area contributed by atoms with Crippen molar-refractivity contribution in [3.63, 3.8) is 0 Å². The third-order valence-corrected chi connectivity index (χ3v) is 3.21. The molecule has 2 amide bonds. The van der Waals surface area contributed by atoms with Gasteiger partial charge in [0, 0.05) is 0 Å². The Balaban J connectivity index is 2.09. The van der Waals surface area contributed by atoms with E-state index < -0.39 is 5.41 Å². The molecule has 0 bridgehead atoms. The Morgan fingerprint density at radius 1 is 1.21 bits per heavy atom. The zero-order valence-corrected chi connectivity index (χ0v) is 7.49. The molecule has 3 nitrogen and oxygen atoms in total. The van der Waals surface area contributed by atoms with E-state index in [1.165, 1.54) is 0 Å². The van der Waals surface area contributed by atoms with Gasteiger partial charge in [-0.3, -0.25) is 14.9 Å². The van der Waals surface area contributed by atoms with Gasteiger partial charge >= 0.3 is 0 Å². The highest BCUT2D eigenvalue weighted by Crippen LogP contribution is 2.57. The van der Waals surface area contributed by atoms with Crippen LogP contribution in [0.15, 0.2) is 30.3 Å². The quantitative estimate of drug-likeness (QED) is 0.654. The predicted octanol–water partition coefficient (Wildman–Crippen LogP) is 0.601. The molecule has 2 atom stereocenters. The Labute approximate surface area is 81.1 Å². The topological polar surface area (TPSA) is 46.2 Å². The van der Waals surface area contributed by atoms with Crippen LogP contribution in [0.25, 0.3) is 0 Å². The maximum Gasteiger partial charge on any atom is 0.238 e. The summed E-state index contributed by atoms with van der Waals surface area (Å²) in [4.78, 5) is 22.9. The fourth-order valence-corrected chi connectivity index (χ4v) is 2.33. The van der Waals surface area contributed by atoms with Crippen molar-refractivity contribution in [3.05, 3.63) is 35.9 Å². The summed E-state index contributed by atoms with van der Waals surface area (Å²) >= 11 is 0. The summed E-state index contributed by atoms with van der Waals surface area (Å²) in [6.45, 7) is 0. The Morgan fingerprint density at radius 2 is 1.93 bits per heavy atom. The maximum absolute atomic E-state index is 11.6. The lowest BCUT2D eigenvalue weighted by molar-refractivity contribution is -0.127. The molecule has 0 aromatic heterocycles. The lowest BCUT2D eigenvalue weighted by Crippen LogP contribution is -2.30. The van der Waals surface area contributed by atoms with Gasteiger partial charge in [0.05, 0.1) is 11.3 Å². The van der Waals surface area contributed by atoms with Gasteiger partial charge in [-0.25, -0.2) is 0 Å². The van der Waals surface area contributed by atoms with E-state index in [0.717, 1.165) is 5.56 Å². The first kappa shape index (κ1) is 7.74. The van der Waals surface area contributed by atoms with E-state index in [4.69, 9.17) is 0 Å². The monoisotopic (exact) mass is 187 g/mol. The molecule has 3 rings (SSSR count). The van der Waals surface area contributed by atoms with Gasteiger partial charge in [-0.05, 0) is 12.0 Å². The Bertz CT molecular complexity index is 426. The van der Waals surface area contributed by atoms with Crippen molar-refractivity contribution in [2.75, 3.05) is 0 Å². The van der Waals surface area contributed by atoms with E-state index in [1.54, 1.807) is 0 Å². The van der Waals surface area contributed by atoms with Crippen LogP contribution in [0, 0.1) is 5.92 Å². The van der Waals surface area contributed by atoms with Crippen molar-refractivity contribution in [2.24, 2.45) is 5.92 Å². The minimum atomic E-state index is -0.516. The number of carbonyl (C=O) groups is 2. The molecule has 2 fully saturated rings. The van der Waals surface area contributed by atoms with Crippen molar-refractivity contribution < 1.29 is 9.59 Å². The highest BCUT2D eigenvalue weighted by molar-refractivity contribution is 6.15. The van der Waals surface area contributed by atoms with E-state index in [-0.39, 0.29) is 17.7 Å². The SMILES string of the molecule is O=C1NC(=O)[C@]2(c3ccccc3)C[C@H]12. The number of nitrogens with one attached hydrogen (secondary N) is 1. The normalized spacial score (nSPS) is 33.9. The highest BCUT2D eigenvalue weighted by atomic mass is 16.2. The lowest BCUT2D eigenvalue weighted by Gasteiger charge is -2.08. The van der Waals surface area contributed by atoms with Crippen LogP contribution < -0.4 is 5.32 Å². The number of hydrogen-bond acceptors (Lipinski definition) is 2. The van der Waals surface area contributed by atoms with Crippen molar-refractivity contribution in [3.8, 4) is 0 Å². The molecule has 70 valence electrons. The molecule has 1 aliphatic carbocycles. The zero-order valence-electron chi connectivity index (χ0n) is 7.49. The summed E-state index contributed by atoms with van der Waals surface area (Å²) in [5.41, 5.74) is 0.451. The molecule has 3 heteroatoms. The van der Waals surface area contributed by atoms with E-state index in [2.05, 4.69) is 5.32 Å². The molecule has 0 spiro atoms. The molecule has 0 unspecified atom stereocenters. The van der Waals surface area contributed by atoms with Crippen LogP contribution in [0.4, 0.5) is 0 Å². The number of carbonyl (C=O) groups excluding carboxylic acids is 2. The lowest BCUT2D eigenvalue weighted by atomic mass is 9.94. The number of piperidine rings is 1. The third-order valence-electron chi connectivity index (χ3n) is 3.21. The van der Waals surface area contributed by atoms with Crippen molar-refractivity contribution >= 4 is 11.8 Å². The molecule has 1 aromatic carbocycles. The van der Waals surface area contributed by atoms with Crippen LogP contribution in [0.1, 0.15) is 12.0 Å². The number of rotatable bonds is 1. The van der Waals surface area contributed by atoms with E-state index in [0.29, 0.717) is 6.42 Å². The fourth-order valence-electron chi connectivity index (χ4n) is 2.33. The molecule has 14 heavy (non-hydrogen) atoms. The molecule has 1 aliphatic heterocycles. The van der Waals surface area contributed by atoms with Gasteiger partial charge in [0.1, 0.15) is 0 Å². The molecule has 1 aromatic rings. The molecular weight excluding hydrogens is 178 g/mol. The zero-order chi connectivity index (χ0) is 9.76. The summed E-state index contributed by atoms with van der Waals surface area (Å²) in [5.74, 6) is -0.352. The average molecular weight is 187 g/mol. The second-order valence-electron chi connectivity index (χ2n) is 3.91. The van der Waals surface area contributed by atoms with Gasteiger partial charge in [-0.2, -0.15) is 0 Å². The van der Waals surface area contributed by atoms with Crippen LogP contribution in [0.3, 0.4) is 0 Å². The van der Waals surface area contributed by atoms with Crippen LogP contribution in [-0.4, -0.2) is 11.8 Å². The third kappa shape index (κ3) is 0.726. The number of amides is 2. The smallest absolute Gasteiger partial charge is 0.238 e. The second-order valence-corrected chi connectivity index (χ2v) is 3.91. The second kappa shape index (κ2) is 2.23. The standard InChI is InChI=1S/C11H9NO2/c13-9-8-6-11(8,10(14)12-9)7-4-2-1-3-5-7/h1-5,8H,6H2,(H,12,13,14)/t8-,11+/m1/s1. The van der Waals surface area contributed by atoms with Crippen LogP contribution in [0.5, 0.6) is 0 Å². The minimum Gasteiger partial charge on any atom is -0.295 e. The first-order valence-corrected chi connectivity index (χ1v) is 4.66. The predicted molar refractivity (Wildman–Crippen MR) is 49.4 cm³/mol. The minimum absolute atomic E-state index is 0.112. The van der Waals surface area contributed by atoms with Crippen molar-refractivity contribution in [2.45, 2.75) is 11.8 Å². The van der Waals surface area contributed by atoms with Gasteiger partial charge in [0.15, 0.2) is 0 Å². The molecule has 1 N–H and O–H groups in total. The molecule has 1 saturated carbocycles. The first-order chi connectivity index (χ1) is 6.75. The van der Waals surface area contributed by atoms with E-state index in [9.17, 15) is 9.59 Å². The maximum atomic E-state index is 11.6. The summed E-state index contributed by atoms with van der Waals surface area (Å²) in [6, 6.07) is 9.54. The average Bonchev–Trinajstić information content (AvgIpc) is 2.90. The summed E-state index contributed by atoms with van der Waals surface area (Å²) < 4.78 is 0. The van der Waals surface area contributed by atoms with Gasteiger partial charge in [-0.1, -0.05) is 30.3 Å². The van der Waals surface area contributed by atoms with Crippen LogP contribution in [-0.2, 0) is 15.0 Å². The van der Waals surface area contributed by atoms with Crippen LogP contribution >= 0.6 is 0 Å². The molecule has 1 saturated heterocycles. The van der Waals surface area contributed by atoms with E-state index in [1.807, 2.05) is 30.3 Å². The molecule has 0 radical (unpaired) electrons. The highest BCUT2D eigenvalue weighted by Gasteiger charge is 2.69. The Kier molecular flexibility index (Phi) is 1.23. The Morgan fingerprint density at radius 3 is 2.43 bits per heavy atom. The summed E-state index contributed by atoms with van der Waals surface area (Å²) in [6.07, 6.45) is 0.682. The van der Waals surface area contributed by atoms with Gasteiger partial charge in [-0.15, -0.1) is 0 Å². The summed E-state index contributed by atoms with van der Waals surface area (Å²) in [5, 5.41) is 2.38. The van der Waals surface area contributed by atoms with Gasteiger partial charge in [0.25, 0.3) is 0 Å². The first-order valence-electron chi connectivity index (χ1n) is 4.66. The van der Waals surface area contributed by atoms with Crippen molar-refractivity contribution in [1.82, 2.24) is 5.32 Å². The fraction of sp³-hybridized carbons (Fsp3) is 0.273. The number of benzene rings is 1. The number of fused-ring (bicyclic) bond motifs is 1. The van der Waals surface area contributed by atoms with Crippen molar-refractivity contribution in [1.29, 1.82) is 0 Å². The van der Waals surface area contributed by atoms with Crippen LogP contribution in [0.2, 0.25) is 0 Å². The number of imide groups is 1. The number of hydrogen-bond donors (Lipinski definition) is 1.